The van der Waals surface area contributed by atoms with E-state index in [2.05, 4.69) is 5.32 Å². The Kier molecular flexibility index (Phi) is 5.12. The van der Waals surface area contributed by atoms with Gasteiger partial charge in [0.05, 0.1) is 5.41 Å². The standard InChI is InChI=1S/C16H29N3O2/c1-16(2,14(17)20)11-18-15(21)19-10-6-9-13(19)12-7-4-3-5-8-12/h12-13H,3-11H2,1-2H3,(H2,17,20)(H,18,21)/t13-/m1/s1. The zero-order valence-electron chi connectivity index (χ0n) is 13.4. The van der Waals surface area contributed by atoms with Gasteiger partial charge in [0.2, 0.25) is 5.91 Å². The fourth-order valence-electron chi connectivity index (χ4n) is 3.54. The third-order valence-electron chi connectivity index (χ3n) is 5.10. The van der Waals surface area contributed by atoms with E-state index in [4.69, 9.17) is 5.73 Å². The number of amides is 3. The van der Waals surface area contributed by atoms with Gasteiger partial charge in [-0.1, -0.05) is 19.3 Å². The molecule has 2 rings (SSSR count). The molecule has 0 spiro atoms. The van der Waals surface area contributed by atoms with Gasteiger partial charge in [0.25, 0.3) is 0 Å². The first-order chi connectivity index (χ1) is 9.92. The van der Waals surface area contributed by atoms with E-state index in [0.29, 0.717) is 18.5 Å². The van der Waals surface area contributed by atoms with Crippen molar-refractivity contribution in [3.8, 4) is 0 Å². The SMILES string of the molecule is CC(C)(CNC(=O)N1CCC[C@@H]1C1CCCCC1)C(N)=O. The second-order valence-electron chi connectivity index (χ2n) is 7.21. The Labute approximate surface area is 127 Å². The maximum absolute atomic E-state index is 12.4. The summed E-state index contributed by atoms with van der Waals surface area (Å²) in [5.74, 6) is 0.282. The van der Waals surface area contributed by atoms with E-state index in [1.807, 2.05) is 4.90 Å². The molecule has 1 aliphatic carbocycles. The highest BCUT2D eigenvalue weighted by Crippen LogP contribution is 2.34. The monoisotopic (exact) mass is 295 g/mol. The van der Waals surface area contributed by atoms with Crippen LogP contribution in [-0.2, 0) is 4.79 Å². The van der Waals surface area contributed by atoms with Crippen molar-refractivity contribution in [3.63, 3.8) is 0 Å². The zero-order chi connectivity index (χ0) is 15.5. The van der Waals surface area contributed by atoms with E-state index in [1.165, 1.54) is 32.1 Å². The minimum absolute atomic E-state index is 0.0302. The summed E-state index contributed by atoms with van der Waals surface area (Å²) < 4.78 is 0. The summed E-state index contributed by atoms with van der Waals surface area (Å²) in [7, 11) is 0. The Balaban J connectivity index is 1.90. The summed E-state index contributed by atoms with van der Waals surface area (Å²) in [6, 6.07) is 0.361. The number of nitrogens with zero attached hydrogens (tertiary/aromatic N) is 1. The molecule has 3 N–H and O–H groups in total. The van der Waals surface area contributed by atoms with Crippen LogP contribution in [0.25, 0.3) is 0 Å². The molecular weight excluding hydrogens is 266 g/mol. The molecule has 1 saturated carbocycles. The maximum atomic E-state index is 12.4. The van der Waals surface area contributed by atoms with Crippen molar-refractivity contribution in [1.82, 2.24) is 10.2 Å². The van der Waals surface area contributed by atoms with Crippen molar-refractivity contribution in [3.05, 3.63) is 0 Å². The number of nitrogens with one attached hydrogen (secondary N) is 1. The van der Waals surface area contributed by atoms with Crippen LogP contribution in [0, 0.1) is 11.3 Å². The molecule has 0 aromatic heterocycles. The molecule has 0 aromatic carbocycles. The molecule has 1 saturated heterocycles. The fraction of sp³-hybridized carbons (Fsp3) is 0.875. The van der Waals surface area contributed by atoms with Gasteiger partial charge in [-0.2, -0.15) is 0 Å². The van der Waals surface area contributed by atoms with Gasteiger partial charge in [0, 0.05) is 19.1 Å². The second kappa shape index (κ2) is 6.67. The Morgan fingerprint density at radius 2 is 1.81 bits per heavy atom. The van der Waals surface area contributed by atoms with Gasteiger partial charge < -0.3 is 16.0 Å². The topological polar surface area (TPSA) is 75.4 Å². The normalized spacial score (nSPS) is 24.1. The highest BCUT2D eigenvalue weighted by Gasteiger charge is 2.36. The van der Waals surface area contributed by atoms with Crippen LogP contribution >= 0.6 is 0 Å². The number of primary amides is 1. The van der Waals surface area contributed by atoms with Crippen LogP contribution in [0.4, 0.5) is 4.79 Å². The lowest BCUT2D eigenvalue weighted by Gasteiger charge is -2.34. The number of carbonyl (C=O) groups is 2. The summed E-state index contributed by atoms with van der Waals surface area (Å²) >= 11 is 0. The quantitative estimate of drug-likeness (QED) is 0.834. The Morgan fingerprint density at radius 3 is 2.43 bits per heavy atom. The average molecular weight is 295 g/mol. The molecule has 2 fully saturated rings. The van der Waals surface area contributed by atoms with E-state index in [1.54, 1.807) is 13.8 Å². The first-order valence-electron chi connectivity index (χ1n) is 8.26. The molecule has 0 radical (unpaired) electrons. The predicted molar refractivity (Wildman–Crippen MR) is 82.7 cm³/mol. The van der Waals surface area contributed by atoms with Gasteiger partial charge in [0.1, 0.15) is 0 Å². The number of urea groups is 1. The van der Waals surface area contributed by atoms with Gasteiger partial charge >= 0.3 is 6.03 Å². The maximum Gasteiger partial charge on any atom is 0.317 e. The molecule has 120 valence electrons. The number of hydrogen-bond acceptors (Lipinski definition) is 2. The third-order valence-corrected chi connectivity index (χ3v) is 5.10. The molecule has 21 heavy (non-hydrogen) atoms. The van der Waals surface area contributed by atoms with E-state index < -0.39 is 5.41 Å². The predicted octanol–water partition coefficient (Wildman–Crippen LogP) is 2.25. The number of hydrogen-bond donors (Lipinski definition) is 2. The molecule has 1 atom stereocenters. The minimum atomic E-state index is -0.699. The lowest BCUT2D eigenvalue weighted by atomic mass is 9.83. The highest BCUT2D eigenvalue weighted by molar-refractivity contribution is 5.81. The van der Waals surface area contributed by atoms with E-state index in [-0.39, 0.29) is 11.9 Å². The van der Waals surface area contributed by atoms with Crippen molar-refractivity contribution in [2.75, 3.05) is 13.1 Å². The molecule has 3 amide bonds. The van der Waals surface area contributed by atoms with Gasteiger partial charge in [-0.3, -0.25) is 4.79 Å². The number of likely N-dealkylation sites (tertiary alicyclic amines) is 1. The average Bonchev–Trinajstić information content (AvgIpc) is 2.95. The molecular formula is C16H29N3O2. The van der Waals surface area contributed by atoms with Crippen molar-refractivity contribution >= 4 is 11.9 Å². The second-order valence-corrected chi connectivity index (χ2v) is 7.21. The first-order valence-corrected chi connectivity index (χ1v) is 8.26. The Hall–Kier alpha value is -1.26. The van der Waals surface area contributed by atoms with Crippen molar-refractivity contribution in [2.24, 2.45) is 17.1 Å². The van der Waals surface area contributed by atoms with Crippen LogP contribution < -0.4 is 11.1 Å². The molecule has 5 heteroatoms. The van der Waals surface area contributed by atoms with Gasteiger partial charge in [-0.15, -0.1) is 0 Å². The largest absolute Gasteiger partial charge is 0.369 e. The first kappa shape index (κ1) is 16.1. The zero-order valence-corrected chi connectivity index (χ0v) is 13.4. The lowest BCUT2D eigenvalue weighted by Crippen LogP contribution is -2.50. The van der Waals surface area contributed by atoms with E-state index in [9.17, 15) is 9.59 Å². The molecule has 0 bridgehead atoms. The van der Waals surface area contributed by atoms with Crippen molar-refractivity contribution in [1.29, 1.82) is 0 Å². The molecule has 1 aliphatic heterocycles. The van der Waals surface area contributed by atoms with Crippen LogP contribution in [-0.4, -0.2) is 36.0 Å². The number of nitrogens with two attached hydrogens (primary N) is 1. The molecule has 1 heterocycles. The number of carbonyl (C=O) groups excluding carboxylic acids is 2. The fourth-order valence-corrected chi connectivity index (χ4v) is 3.54. The van der Waals surface area contributed by atoms with Crippen LogP contribution in [0.1, 0.15) is 58.8 Å². The van der Waals surface area contributed by atoms with Gasteiger partial charge in [0.15, 0.2) is 0 Å². The molecule has 2 aliphatic rings. The third kappa shape index (κ3) is 3.89. The van der Waals surface area contributed by atoms with Crippen LogP contribution in [0.3, 0.4) is 0 Å². The summed E-state index contributed by atoms with van der Waals surface area (Å²) in [6.07, 6.45) is 8.65. The van der Waals surface area contributed by atoms with Gasteiger partial charge in [-0.05, 0) is 45.4 Å². The smallest absolute Gasteiger partial charge is 0.317 e. The molecule has 0 aromatic rings. The van der Waals surface area contributed by atoms with E-state index >= 15 is 0 Å². The summed E-state index contributed by atoms with van der Waals surface area (Å²) in [4.78, 5) is 25.7. The number of rotatable bonds is 4. The van der Waals surface area contributed by atoms with Crippen molar-refractivity contribution < 1.29 is 9.59 Å². The summed E-state index contributed by atoms with van der Waals surface area (Å²) in [6.45, 7) is 4.66. The Morgan fingerprint density at radius 1 is 1.14 bits per heavy atom. The van der Waals surface area contributed by atoms with Crippen LogP contribution in [0.2, 0.25) is 0 Å². The van der Waals surface area contributed by atoms with Crippen molar-refractivity contribution in [2.45, 2.75) is 64.8 Å². The van der Waals surface area contributed by atoms with Crippen LogP contribution in [0.5, 0.6) is 0 Å². The van der Waals surface area contributed by atoms with E-state index in [0.717, 1.165) is 19.4 Å². The highest BCUT2D eigenvalue weighted by atomic mass is 16.2. The summed E-state index contributed by atoms with van der Waals surface area (Å²) in [5.41, 5.74) is 4.65. The van der Waals surface area contributed by atoms with Crippen LogP contribution in [0.15, 0.2) is 0 Å². The summed E-state index contributed by atoms with van der Waals surface area (Å²) in [5, 5.41) is 2.90. The minimum Gasteiger partial charge on any atom is -0.369 e. The lowest BCUT2D eigenvalue weighted by molar-refractivity contribution is -0.125. The molecule has 5 nitrogen and oxygen atoms in total. The Bertz CT molecular complexity index is 389. The van der Waals surface area contributed by atoms with Gasteiger partial charge in [-0.25, -0.2) is 4.79 Å². The molecule has 0 unspecified atom stereocenters.